The third-order valence-corrected chi connectivity index (χ3v) is 7.32. The highest BCUT2D eigenvalue weighted by Gasteiger charge is 2.28. The molecule has 0 aliphatic rings. The molecule has 3 aromatic carbocycles. The molecule has 0 bridgehead atoms. The van der Waals surface area contributed by atoms with Crippen molar-refractivity contribution in [1.29, 1.82) is 0 Å². The van der Waals surface area contributed by atoms with Crippen LogP contribution in [0.25, 0.3) is 16.7 Å². The fourth-order valence-corrected chi connectivity index (χ4v) is 6.05. The van der Waals surface area contributed by atoms with Gasteiger partial charge in [-0.3, -0.25) is 0 Å². The molecule has 2 heterocycles. The summed E-state index contributed by atoms with van der Waals surface area (Å²) in [6.45, 7) is 15.7. The van der Waals surface area contributed by atoms with Crippen LogP contribution in [0.15, 0.2) is 73.1 Å². The van der Waals surface area contributed by atoms with Gasteiger partial charge in [-0.1, -0.05) is 98.3 Å². The number of rotatable bonds is 4. The number of pyridine rings is 1. The van der Waals surface area contributed by atoms with Crippen molar-refractivity contribution in [3.8, 4) is 5.82 Å². The van der Waals surface area contributed by atoms with E-state index in [9.17, 15) is 0 Å². The van der Waals surface area contributed by atoms with Crippen molar-refractivity contribution >= 4 is 34.0 Å². The van der Waals surface area contributed by atoms with Crippen molar-refractivity contribution in [2.75, 3.05) is 0 Å². The Kier molecular flexibility index (Phi) is 5.88. The molecule has 3 heteroatoms. The largest absolute Gasteiger partial charge is 0.301 e. The molecular weight excluding hydrogens is 423 g/mol. The van der Waals surface area contributed by atoms with Crippen molar-refractivity contribution in [1.82, 2.24) is 9.55 Å². The average Bonchev–Trinajstić information content (AvgIpc) is 3.22. The molecule has 0 aliphatic heterocycles. The third-order valence-electron chi connectivity index (χ3n) is 7.32. The minimum Gasteiger partial charge on any atom is -0.301 e. The Labute approximate surface area is 209 Å². The molecule has 0 amide bonds. The first-order valence-electron chi connectivity index (χ1n) is 12.4. The zero-order valence-electron chi connectivity index (χ0n) is 21.9. The van der Waals surface area contributed by atoms with E-state index < -0.39 is 0 Å². The molecule has 0 atom stereocenters. The van der Waals surface area contributed by atoms with Gasteiger partial charge in [0.25, 0.3) is 0 Å². The Morgan fingerprint density at radius 1 is 0.629 bits per heavy atom. The zero-order chi connectivity index (χ0) is 24.9. The lowest BCUT2D eigenvalue weighted by Crippen LogP contribution is -2.56. The van der Waals surface area contributed by atoms with Crippen LogP contribution < -0.4 is 16.4 Å². The molecule has 0 saturated carbocycles. The van der Waals surface area contributed by atoms with Gasteiger partial charge in [-0.25, -0.2) is 4.98 Å². The van der Waals surface area contributed by atoms with E-state index in [4.69, 9.17) is 4.98 Å². The number of nitrogens with zero attached hydrogens (tertiary/aromatic N) is 2. The molecule has 0 saturated heterocycles. The van der Waals surface area contributed by atoms with Gasteiger partial charge in [-0.2, -0.15) is 0 Å². The van der Waals surface area contributed by atoms with Crippen molar-refractivity contribution in [3.05, 3.63) is 112 Å². The molecule has 0 unspecified atom stereocenters. The number of benzene rings is 3. The molecule has 35 heavy (non-hydrogen) atoms. The van der Waals surface area contributed by atoms with Crippen molar-refractivity contribution in [2.45, 2.75) is 48.5 Å². The first-order chi connectivity index (χ1) is 16.7. The fraction of sp³-hybridized carbons (Fsp3) is 0.219. The van der Waals surface area contributed by atoms with Gasteiger partial charge in [0.05, 0.1) is 5.52 Å². The minimum absolute atomic E-state index is 0.140. The summed E-state index contributed by atoms with van der Waals surface area (Å²) in [6.07, 6.45) is 4.21. The van der Waals surface area contributed by atoms with Crippen LogP contribution in [0.1, 0.15) is 38.9 Å². The Morgan fingerprint density at radius 2 is 1.20 bits per heavy atom. The number of hydrogen-bond acceptors (Lipinski definition) is 1. The molecule has 0 fully saturated rings. The molecule has 0 spiro atoms. The molecule has 5 rings (SSSR count). The molecule has 0 aliphatic carbocycles. The predicted molar refractivity (Wildman–Crippen MR) is 152 cm³/mol. The number of fused-ring (bicyclic) bond motifs is 1. The maximum Gasteiger partial charge on any atom is 0.244 e. The van der Waals surface area contributed by atoms with Crippen LogP contribution in [0.2, 0.25) is 0 Å². The fourth-order valence-electron chi connectivity index (χ4n) is 6.05. The lowest BCUT2D eigenvalue weighted by molar-refractivity contribution is 1.04. The van der Waals surface area contributed by atoms with Gasteiger partial charge in [0.15, 0.2) is 0 Å². The molecule has 0 N–H and O–H groups in total. The van der Waals surface area contributed by atoms with E-state index in [1.807, 2.05) is 0 Å². The van der Waals surface area contributed by atoms with E-state index in [1.165, 1.54) is 66.2 Å². The summed E-state index contributed by atoms with van der Waals surface area (Å²) in [5.74, 6) is 0.950. The molecule has 2 aromatic heterocycles. The Morgan fingerprint density at radius 3 is 1.71 bits per heavy atom. The quantitative estimate of drug-likeness (QED) is 0.317. The molecular formula is C32H33BN2. The molecule has 0 radical (unpaired) electrons. The normalized spacial score (nSPS) is 11.3. The monoisotopic (exact) mass is 456 g/mol. The van der Waals surface area contributed by atoms with Crippen LogP contribution in [0.4, 0.5) is 0 Å². The zero-order valence-corrected chi connectivity index (χ0v) is 21.9. The van der Waals surface area contributed by atoms with Crippen LogP contribution >= 0.6 is 0 Å². The number of aryl methyl sites for hydroxylation is 7. The van der Waals surface area contributed by atoms with Crippen molar-refractivity contribution in [2.24, 2.45) is 0 Å². The van der Waals surface area contributed by atoms with Crippen LogP contribution in [0.5, 0.6) is 0 Å². The van der Waals surface area contributed by atoms with E-state index in [2.05, 4.69) is 126 Å². The summed E-state index contributed by atoms with van der Waals surface area (Å²) >= 11 is 0. The van der Waals surface area contributed by atoms with Gasteiger partial charge in [-0.15, -0.1) is 0 Å². The van der Waals surface area contributed by atoms with E-state index in [0.29, 0.717) is 0 Å². The summed E-state index contributed by atoms with van der Waals surface area (Å²) in [4.78, 5) is 5.00. The van der Waals surface area contributed by atoms with Crippen molar-refractivity contribution < 1.29 is 0 Å². The van der Waals surface area contributed by atoms with E-state index in [0.717, 1.165) is 5.82 Å². The van der Waals surface area contributed by atoms with Gasteiger partial charge in [0, 0.05) is 17.8 Å². The smallest absolute Gasteiger partial charge is 0.244 e. The average molecular weight is 456 g/mol. The van der Waals surface area contributed by atoms with Gasteiger partial charge < -0.3 is 4.57 Å². The predicted octanol–water partition coefficient (Wildman–Crippen LogP) is 5.70. The highest BCUT2D eigenvalue weighted by atomic mass is 15.0. The van der Waals surface area contributed by atoms with Gasteiger partial charge in [0.1, 0.15) is 5.82 Å². The Balaban J connectivity index is 1.70. The van der Waals surface area contributed by atoms with Crippen LogP contribution in [-0.2, 0) is 0 Å². The van der Waals surface area contributed by atoms with Crippen LogP contribution in [0, 0.1) is 48.5 Å². The second kappa shape index (κ2) is 8.89. The standard InChI is InChI=1S/C32H33BN2/c1-20-15-23(4)30(24(5)16-20)33(31-25(6)17-21(2)18-26(31)7)28-11-12-29(34-19-28)35-14-13-27-10-8-9-22(3)32(27)35/h8-19H,1-7H3. The molecule has 174 valence electrons. The van der Waals surface area contributed by atoms with Gasteiger partial charge in [0.2, 0.25) is 6.71 Å². The topological polar surface area (TPSA) is 17.8 Å². The molecule has 5 aromatic rings. The van der Waals surface area contributed by atoms with Crippen LogP contribution in [-0.4, -0.2) is 16.3 Å². The lowest BCUT2D eigenvalue weighted by atomic mass is 9.34. The Bertz CT molecular complexity index is 1450. The SMILES string of the molecule is Cc1cc(C)c(B(c2ccc(-n3ccc4cccc(C)c43)nc2)c2c(C)cc(C)cc2C)c(C)c1. The number of hydrogen-bond donors (Lipinski definition) is 0. The summed E-state index contributed by atoms with van der Waals surface area (Å²) in [5, 5.41) is 1.24. The lowest BCUT2D eigenvalue weighted by Gasteiger charge is -2.24. The van der Waals surface area contributed by atoms with Crippen molar-refractivity contribution in [3.63, 3.8) is 0 Å². The maximum absolute atomic E-state index is 5.00. The summed E-state index contributed by atoms with van der Waals surface area (Å²) < 4.78 is 2.20. The summed E-state index contributed by atoms with van der Waals surface area (Å²) in [5.41, 5.74) is 14.5. The summed E-state index contributed by atoms with van der Waals surface area (Å²) in [6, 6.07) is 22.3. The second-order valence-corrected chi connectivity index (χ2v) is 10.2. The minimum atomic E-state index is 0.140. The summed E-state index contributed by atoms with van der Waals surface area (Å²) in [7, 11) is 0. The van der Waals surface area contributed by atoms with E-state index >= 15 is 0 Å². The second-order valence-electron chi connectivity index (χ2n) is 10.2. The molecule has 2 nitrogen and oxygen atoms in total. The van der Waals surface area contributed by atoms with E-state index in [-0.39, 0.29) is 6.71 Å². The van der Waals surface area contributed by atoms with Gasteiger partial charge >= 0.3 is 0 Å². The Hall–Kier alpha value is -3.59. The first-order valence-corrected chi connectivity index (χ1v) is 12.4. The van der Waals surface area contributed by atoms with Crippen LogP contribution in [0.3, 0.4) is 0 Å². The number of aromatic nitrogens is 2. The highest BCUT2D eigenvalue weighted by molar-refractivity contribution is 6.96. The van der Waals surface area contributed by atoms with Gasteiger partial charge in [-0.05, 0) is 66.2 Å². The van der Waals surface area contributed by atoms with E-state index in [1.54, 1.807) is 0 Å². The number of para-hydroxylation sites is 1. The maximum atomic E-state index is 5.00. The first kappa shape index (κ1) is 23.2. The highest BCUT2D eigenvalue weighted by Crippen LogP contribution is 2.22. The third kappa shape index (κ3) is 4.10.